The van der Waals surface area contributed by atoms with E-state index < -0.39 is 0 Å². The summed E-state index contributed by atoms with van der Waals surface area (Å²) in [6, 6.07) is 6.28. The second kappa shape index (κ2) is 5.10. The highest BCUT2D eigenvalue weighted by Crippen LogP contribution is 2.37. The first-order valence-electron chi connectivity index (χ1n) is 5.88. The number of benzene rings is 1. The molecule has 1 aliphatic heterocycles. The fourth-order valence-electron chi connectivity index (χ4n) is 1.84. The molecule has 1 atom stereocenters. The quantitative estimate of drug-likeness (QED) is 0.865. The van der Waals surface area contributed by atoms with Gasteiger partial charge in [-0.25, -0.2) is 0 Å². The Labute approximate surface area is 106 Å². The Balaban J connectivity index is 2.27. The van der Waals surface area contributed by atoms with E-state index in [-0.39, 0.29) is 11.2 Å². The van der Waals surface area contributed by atoms with Crippen LogP contribution in [0.3, 0.4) is 0 Å². The third-order valence-corrected chi connectivity index (χ3v) is 4.14. The van der Waals surface area contributed by atoms with E-state index in [0.717, 1.165) is 5.69 Å². The molecular weight excluding hydrogens is 232 g/mol. The first kappa shape index (κ1) is 12.5. The summed E-state index contributed by atoms with van der Waals surface area (Å²) in [4.78, 5) is 13.0. The predicted molar refractivity (Wildman–Crippen MR) is 72.7 cm³/mol. The highest BCUT2D eigenvalue weighted by Gasteiger charge is 2.26. The van der Waals surface area contributed by atoms with E-state index in [1.54, 1.807) is 11.8 Å². The van der Waals surface area contributed by atoms with Crippen LogP contribution < -0.4 is 10.6 Å². The van der Waals surface area contributed by atoms with E-state index in [1.807, 2.05) is 13.1 Å². The average Bonchev–Trinajstić information content (AvgIpc) is 2.29. The molecule has 0 radical (unpaired) electrons. The summed E-state index contributed by atoms with van der Waals surface area (Å²) in [6.07, 6.45) is 0. The zero-order valence-corrected chi connectivity index (χ0v) is 11.2. The molecule has 92 valence electrons. The number of anilines is 1. The maximum Gasteiger partial charge on any atom is 0.239 e. The Morgan fingerprint density at radius 1 is 1.47 bits per heavy atom. The van der Waals surface area contributed by atoms with Gasteiger partial charge < -0.3 is 10.6 Å². The zero-order valence-electron chi connectivity index (χ0n) is 10.4. The molecule has 0 aliphatic carbocycles. The predicted octanol–water partition coefficient (Wildman–Crippen LogP) is 2.44. The number of fused-ring (bicyclic) bond motifs is 1. The van der Waals surface area contributed by atoms with Gasteiger partial charge >= 0.3 is 0 Å². The molecule has 4 heteroatoms. The fourth-order valence-corrected chi connectivity index (χ4v) is 3.01. The van der Waals surface area contributed by atoms with Gasteiger partial charge in [-0.3, -0.25) is 4.79 Å². The van der Waals surface area contributed by atoms with Crippen LogP contribution in [0.5, 0.6) is 0 Å². The SMILES string of the molecule is CNCC1Sc2cc(C(C)C)ccc2NC1=O. The molecule has 1 heterocycles. The number of thioether (sulfide) groups is 1. The molecule has 1 amide bonds. The summed E-state index contributed by atoms with van der Waals surface area (Å²) in [7, 11) is 1.87. The number of hydrogen-bond acceptors (Lipinski definition) is 3. The van der Waals surface area contributed by atoms with Gasteiger partial charge in [0.25, 0.3) is 0 Å². The van der Waals surface area contributed by atoms with E-state index in [1.165, 1.54) is 10.5 Å². The third kappa shape index (κ3) is 2.64. The van der Waals surface area contributed by atoms with E-state index in [0.29, 0.717) is 12.5 Å². The van der Waals surface area contributed by atoms with Crippen LogP contribution in [0, 0.1) is 0 Å². The zero-order chi connectivity index (χ0) is 12.4. The van der Waals surface area contributed by atoms with Crippen molar-refractivity contribution in [1.82, 2.24) is 5.32 Å². The van der Waals surface area contributed by atoms with Crippen LogP contribution in [-0.2, 0) is 4.79 Å². The van der Waals surface area contributed by atoms with Crippen molar-refractivity contribution in [3.63, 3.8) is 0 Å². The first-order valence-corrected chi connectivity index (χ1v) is 6.76. The fraction of sp³-hybridized carbons (Fsp3) is 0.462. The molecule has 0 bridgehead atoms. The number of hydrogen-bond donors (Lipinski definition) is 2. The molecule has 3 nitrogen and oxygen atoms in total. The minimum Gasteiger partial charge on any atom is -0.324 e. The summed E-state index contributed by atoms with van der Waals surface area (Å²) in [5.41, 5.74) is 2.26. The molecule has 2 N–H and O–H groups in total. The lowest BCUT2D eigenvalue weighted by atomic mass is 10.0. The third-order valence-electron chi connectivity index (χ3n) is 2.88. The minimum absolute atomic E-state index is 0.0325. The lowest BCUT2D eigenvalue weighted by Gasteiger charge is -2.24. The number of rotatable bonds is 3. The van der Waals surface area contributed by atoms with Crippen LogP contribution >= 0.6 is 11.8 Å². The highest BCUT2D eigenvalue weighted by molar-refractivity contribution is 8.01. The summed E-state index contributed by atoms with van der Waals surface area (Å²) >= 11 is 1.65. The van der Waals surface area contributed by atoms with Crippen molar-refractivity contribution < 1.29 is 4.79 Å². The van der Waals surface area contributed by atoms with Crippen LogP contribution in [0.4, 0.5) is 5.69 Å². The van der Waals surface area contributed by atoms with Gasteiger partial charge in [0, 0.05) is 11.4 Å². The van der Waals surface area contributed by atoms with Crippen LogP contribution in [0.1, 0.15) is 25.3 Å². The highest BCUT2D eigenvalue weighted by atomic mass is 32.2. The second-order valence-electron chi connectivity index (χ2n) is 4.56. The van der Waals surface area contributed by atoms with Crippen LogP contribution in [-0.4, -0.2) is 24.7 Å². The Kier molecular flexibility index (Phi) is 3.74. The molecule has 1 unspecified atom stereocenters. The van der Waals surface area contributed by atoms with Gasteiger partial charge in [0.1, 0.15) is 5.25 Å². The van der Waals surface area contributed by atoms with Gasteiger partial charge in [0.05, 0.1) is 5.69 Å². The summed E-state index contributed by atoms with van der Waals surface area (Å²) in [5.74, 6) is 0.607. The van der Waals surface area contributed by atoms with E-state index in [2.05, 4.69) is 36.6 Å². The van der Waals surface area contributed by atoms with E-state index in [9.17, 15) is 4.79 Å². The minimum atomic E-state index is -0.0325. The Morgan fingerprint density at radius 3 is 2.88 bits per heavy atom. The van der Waals surface area contributed by atoms with Crippen molar-refractivity contribution in [2.24, 2.45) is 0 Å². The summed E-state index contributed by atoms with van der Waals surface area (Å²) in [6.45, 7) is 5.06. The normalized spacial score (nSPS) is 19.1. The molecule has 0 saturated carbocycles. The first-order chi connectivity index (χ1) is 8.11. The van der Waals surface area contributed by atoms with Crippen LogP contribution in [0.2, 0.25) is 0 Å². The molecular formula is C13H18N2OS. The van der Waals surface area contributed by atoms with E-state index in [4.69, 9.17) is 0 Å². The van der Waals surface area contributed by atoms with Gasteiger partial charge in [-0.2, -0.15) is 0 Å². The van der Waals surface area contributed by atoms with Gasteiger partial charge in [-0.05, 0) is 30.7 Å². The van der Waals surface area contributed by atoms with Crippen LogP contribution in [0.25, 0.3) is 0 Å². The maximum absolute atomic E-state index is 11.8. The van der Waals surface area contributed by atoms with Crippen molar-refractivity contribution >= 4 is 23.4 Å². The van der Waals surface area contributed by atoms with Crippen molar-refractivity contribution in [1.29, 1.82) is 0 Å². The number of nitrogens with one attached hydrogen (secondary N) is 2. The summed E-state index contributed by atoms with van der Waals surface area (Å²) < 4.78 is 0. The molecule has 1 aromatic carbocycles. The standard InChI is InChI=1S/C13H18N2OS/c1-8(2)9-4-5-10-11(6-9)17-12(7-14-3)13(16)15-10/h4-6,8,12,14H,7H2,1-3H3,(H,15,16). The monoisotopic (exact) mass is 250 g/mol. The lowest BCUT2D eigenvalue weighted by molar-refractivity contribution is -0.115. The van der Waals surface area contributed by atoms with Crippen LogP contribution in [0.15, 0.2) is 23.1 Å². The number of carbonyl (C=O) groups excluding carboxylic acids is 1. The molecule has 0 saturated heterocycles. The second-order valence-corrected chi connectivity index (χ2v) is 5.81. The largest absolute Gasteiger partial charge is 0.324 e. The van der Waals surface area contributed by atoms with Gasteiger partial charge in [0.2, 0.25) is 5.91 Å². The Bertz CT molecular complexity index is 431. The smallest absolute Gasteiger partial charge is 0.239 e. The van der Waals surface area contributed by atoms with Crippen molar-refractivity contribution in [2.75, 3.05) is 18.9 Å². The Hall–Kier alpha value is -1.00. The molecule has 0 aromatic heterocycles. The van der Waals surface area contributed by atoms with Crippen molar-refractivity contribution in [3.05, 3.63) is 23.8 Å². The van der Waals surface area contributed by atoms with Gasteiger partial charge in [-0.1, -0.05) is 19.9 Å². The Morgan fingerprint density at radius 2 is 2.24 bits per heavy atom. The van der Waals surface area contributed by atoms with E-state index >= 15 is 0 Å². The van der Waals surface area contributed by atoms with Gasteiger partial charge in [0.15, 0.2) is 0 Å². The number of amides is 1. The van der Waals surface area contributed by atoms with Crippen molar-refractivity contribution in [3.8, 4) is 0 Å². The number of carbonyl (C=O) groups is 1. The van der Waals surface area contributed by atoms with Crippen molar-refractivity contribution in [2.45, 2.75) is 29.9 Å². The molecule has 0 spiro atoms. The molecule has 0 fully saturated rings. The molecule has 1 aromatic rings. The average molecular weight is 250 g/mol. The lowest BCUT2D eigenvalue weighted by Crippen LogP contribution is -2.36. The molecule has 1 aliphatic rings. The molecule has 2 rings (SSSR count). The van der Waals surface area contributed by atoms with Gasteiger partial charge in [-0.15, -0.1) is 11.8 Å². The topological polar surface area (TPSA) is 41.1 Å². The summed E-state index contributed by atoms with van der Waals surface area (Å²) in [5, 5.41) is 5.98. The molecule has 17 heavy (non-hydrogen) atoms. The maximum atomic E-state index is 11.8.